The summed E-state index contributed by atoms with van der Waals surface area (Å²) in [6, 6.07) is 10.1. The molecule has 1 aromatic rings. The summed E-state index contributed by atoms with van der Waals surface area (Å²) >= 11 is 0. The molecule has 4 heteroatoms. The lowest BCUT2D eigenvalue weighted by molar-refractivity contribution is -0.136. The van der Waals surface area contributed by atoms with E-state index in [1.165, 1.54) is 6.42 Å². The molecular weight excluding hydrogens is 284 g/mol. The first-order valence-electron chi connectivity index (χ1n) is 7.69. The molecule has 0 spiro atoms. The van der Waals surface area contributed by atoms with Crippen LogP contribution in [0.2, 0.25) is 0 Å². The molecule has 2 unspecified atom stereocenters. The summed E-state index contributed by atoms with van der Waals surface area (Å²) < 4.78 is 0. The Kier molecular flexibility index (Phi) is 7.20. The minimum Gasteiger partial charge on any atom is -0.339 e. The zero-order valence-electron chi connectivity index (χ0n) is 13.0. The lowest BCUT2D eigenvalue weighted by Crippen LogP contribution is -2.47. The number of hydrogen-bond acceptors (Lipinski definition) is 2. The van der Waals surface area contributed by atoms with Gasteiger partial charge in [0.1, 0.15) is 0 Å². The summed E-state index contributed by atoms with van der Waals surface area (Å²) in [5, 5.41) is 0. The normalized spacial score (nSPS) is 20.0. The predicted molar refractivity (Wildman–Crippen MR) is 89.4 cm³/mol. The van der Waals surface area contributed by atoms with E-state index in [0.29, 0.717) is 18.4 Å². The van der Waals surface area contributed by atoms with Crippen LogP contribution < -0.4 is 5.73 Å². The summed E-state index contributed by atoms with van der Waals surface area (Å²) in [6.45, 7) is 5.30. The van der Waals surface area contributed by atoms with Gasteiger partial charge in [-0.25, -0.2) is 0 Å². The van der Waals surface area contributed by atoms with Crippen LogP contribution in [0.4, 0.5) is 0 Å². The number of nitrogens with zero attached hydrogens (tertiary/aromatic N) is 1. The molecule has 0 saturated carbocycles. The van der Waals surface area contributed by atoms with Crippen LogP contribution in [0.1, 0.15) is 51.1 Å². The van der Waals surface area contributed by atoms with Crippen molar-refractivity contribution in [3.63, 3.8) is 0 Å². The molecule has 0 bridgehead atoms. The van der Waals surface area contributed by atoms with E-state index in [1.54, 1.807) is 0 Å². The lowest BCUT2D eigenvalue weighted by atomic mass is 9.92. The predicted octanol–water partition coefficient (Wildman–Crippen LogP) is 3.54. The van der Waals surface area contributed by atoms with Crippen molar-refractivity contribution < 1.29 is 4.79 Å². The van der Waals surface area contributed by atoms with Crippen LogP contribution in [0, 0.1) is 5.92 Å². The first-order chi connectivity index (χ1) is 9.59. The number of rotatable bonds is 4. The molecule has 2 rings (SSSR count). The smallest absolute Gasteiger partial charge is 0.224 e. The standard InChI is InChI=1S/C17H26N2O.ClH/c1-13(2)16-10-6-7-11-19(16)17(20)12-15(18)14-8-4-3-5-9-14;/h3-5,8-9,13,15-16H,6-7,10-12,18H2,1-2H3;1H. The number of hydrogen-bond donors (Lipinski definition) is 1. The van der Waals surface area contributed by atoms with Crippen LogP contribution in [0.5, 0.6) is 0 Å². The highest BCUT2D eigenvalue weighted by Crippen LogP contribution is 2.25. The van der Waals surface area contributed by atoms with E-state index in [1.807, 2.05) is 30.3 Å². The molecule has 1 aromatic carbocycles. The second kappa shape index (κ2) is 8.40. The molecule has 0 aliphatic carbocycles. The SMILES string of the molecule is CC(C)C1CCCCN1C(=O)CC(N)c1ccccc1.Cl. The topological polar surface area (TPSA) is 46.3 Å². The van der Waals surface area contributed by atoms with Crippen LogP contribution in [-0.2, 0) is 4.79 Å². The van der Waals surface area contributed by atoms with E-state index in [9.17, 15) is 4.79 Å². The Bertz CT molecular complexity index is 436. The Morgan fingerprint density at radius 2 is 1.95 bits per heavy atom. The molecule has 1 fully saturated rings. The van der Waals surface area contributed by atoms with Gasteiger partial charge in [-0.3, -0.25) is 4.79 Å². The second-order valence-corrected chi connectivity index (χ2v) is 6.12. The van der Waals surface area contributed by atoms with Gasteiger partial charge in [0.25, 0.3) is 0 Å². The second-order valence-electron chi connectivity index (χ2n) is 6.12. The van der Waals surface area contributed by atoms with E-state index < -0.39 is 0 Å². The minimum atomic E-state index is -0.196. The number of piperidine rings is 1. The Morgan fingerprint density at radius 1 is 1.29 bits per heavy atom. The first kappa shape index (κ1) is 18.0. The number of likely N-dealkylation sites (tertiary alicyclic amines) is 1. The number of nitrogens with two attached hydrogens (primary N) is 1. The summed E-state index contributed by atoms with van der Waals surface area (Å²) in [4.78, 5) is 14.6. The number of benzene rings is 1. The molecule has 1 saturated heterocycles. The van der Waals surface area contributed by atoms with Gasteiger partial charge < -0.3 is 10.6 Å². The van der Waals surface area contributed by atoms with Gasteiger partial charge in [-0.1, -0.05) is 44.2 Å². The Morgan fingerprint density at radius 3 is 2.57 bits per heavy atom. The van der Waals surface area contributed by atoms with Crippen molar-refractivity contribution in [1.82, 2.24) is 4.90 Å². The fourth-order valence-electron chi connectivity index (χ4n) is 3.08. The van der Waals surface area contributed by atoms with Crippen molar-refractivity contribution in [2.24, 2.45) is 11.7 Å². The molecule has 0 radical (unpaired) electrons. The quantitative estimate of drug-likeness (QED) is 0.924. The molecule has 1 aliphatic rings. The third-order valence-electron chi connectivity index (χ3n) is 4.26. The van der Waals surface area contributed by atoms with Crippen molar-refractivity contribution >= 4 is 18.3 Å². The first-order valence-corrected chi connectivity index (χ1v) is 7.69. The third-order valence-corrected chi connectivity index (χ3v) is 4.26. The van der Waals surface area contributed by atoms with Gasteiger partial charge in [0.05, 0.1) is 0 Å². The van der Waals surface area contributed by atoms with Gasteiger partial charge in [-0.05, 0) is 30.7 Å². The largest absolute Gasteiger partial charge is 0.339 e. The zero-order valence-corrected chi connectivity index (χ0v) is 13.8. The summed E-state index contributed by atoms with van der Waals surface area (Å²) in [7, 11) is 0. The maximum Gasteiger partial charge on any atom is 0.224 e. The van der Waals surface area contributed by atoms with E-state index in [-0.39, 0.29) is 24.4 Å². The van der Waals surface area contributed by atoms with Crippen molar-refractivity contribution in [1.29, 1.82) is 0 Å². The minimum absolute atomic E-state index is 0. The zero-order chi connectivity index (χ0) is 14.5. The number of amides is 1. The number of carbonyl (C=O) groups is 1. The average Bonchev–Trinajstić information content (AvgIpc) is 2.48. The van der Waals surface area contributed by atoms with Gasteiger partial charge in [-0.15, -0.1) is 12.4 Å². The van der Waals surface area contributed by atoms with Gasteiger partial charge in [-0.2, -0.15) is 0 Å². The van der Waals surface area contributed by atoms with Crippen molar-refractivity contribution in [2.75, 3.05) is 6.54 Å². The van der Waals surface area contributed by atoms with Gasteiger partial charge >= 0.3 is 0 Å². The van der Waals surface area contributed by atoms with Crippen molar-refractivity contribution in [2.45, 2.75) is 51.6 Å². The molecule has 2 atom stereocenters. The van der Waals surface area contributed by atoms with Crippen molar-refractivity contribution in [3.05, 3.63) is 35.9 Å². The summed E-state index contributed by atoms with van der Waals surface area (Å²) in [5.74, 6) is 0.729. The molecule has 1 amide bonds. The number of carbonyl (C=O) groups excluding carboxylic acids is 1. The highest BCUT2D eigenvalue weighted by Gasteiger charge is 2.29. The van der Waals surface area contributed by atoms with Crippen LogP contribution in [-0.4, -0.2) is 23.4 Å². The third kappa shape index (κ3) is 4.72. The summed E-state index contributed by atoms with van der Waals surface area (Å²) in [6.07, 6.45) is 3.89. The lowest BCUT2D eigenvalue weighted by Gasteiger charge is -2.38. The molecular formula is C17H27ClN2O. The highest BCUT2D eigenvalue weighted by molar-refractivity contribution is 5.85. The Balaban J connectivity index is 0.00000220. The highest BCUT2D eigenvalue weighted by atomic mass is 35.5. The van der Waals surface area contributed by atoms with Crippen molar-refractivity contribution in [3.8, 4) is 0 Å². The van der Waals surface area contributed by atoms with Crippen LogP contribution in [0.25, 0.3) is 0 Å². The van der Waals surface area contributed by atoms with E-state index in [2.05, 4.69) is 18.7 Å². The van der Waals surface area contributed by atoms with Gasteiger partial charge in [0, 0.05) is 25.0 Å². The van der Waals surface area contributed by atoms with Crippen LogP contribution in [0.15, 0.2) is 30.3 Å². The Labute approximate surface area is 134 Å². The number of halogens is 1. The molecule has 118 valence electrons. The molecule has 3 nitrogen and oxygen atoms in total. The van der Waals surface area contributed by atoms with Gasteiger partial charge in [0.15, 0.2) is 0 Å². The average molecular weight is 311 g/mol. The molecule has 1 heterocycles. The fraction of sp³-hybridized carbons (Fsp3) is 0.588. The van der Waals surface area contributed by atoms with Crippen LogP contribution in [0.3, 0.4) is 0 Å². The molecule has 21 heavy (non-hydrogen) atoms. The maximum atomic E-state index is 12.5. The van der Waals surface area contributed by atoms with E-state index in [4.69, 9.17) is 5.73 Å². The fourth-order valence-corrected chi connectivity index (χ4v) is 3.08. The van der Waals surface area contributed by atoms with E-state index in [0.717, 1.165) is 24.9 Å². The molecule has 1 aliphatic heterocycles. The van der Waals surface area contributed by atoms with Gasteiger partial charge in [0.2, 0.25) is 5.91 Å². The Hall–Kier alpha value is -1.06. The van der Waals surface area contributed by atoms with Crippen LogP contribution >= 0.6 is 12.4 Å². The molecule has 2 N–H and O–H groups in total. The monoisotopic (exact) mass is 310 g/mol. The summed E-state index contributed by atoms with van der Waals surface area (Å²) in [5.41, 5.74) is 7.22. The maximum absolute atomic E-state index is 12.5. The molecule has 0 aromatic heterocycles. The van der Waals surface area contributed by atoms with E-state index >= 15 is 0 Å².